The number of halogens is 2. The van der Waals surface area contributed by atoms with Crippen LogP contribution in [0.15, 0.2) is 41.8 Å². The lowest BCUT2D eigenvalue weighted by Gasteiger charge is -2.21. The zero-order valence-corrected chi connectivity index (χ0v) is 12.2. The first-order valence-corrected chi connectivity index (χ1v) is 8.10. The molecular formula is C14H17F2NO3S. The van der Waals surface area contributed by atoms with Crippen LogP contribution in [-0.2, 0) is 14.6 Å². The molecule has 0 radical (unpaired) electrons. The van der Waals surface area contributed by atoms with Crippen molar-refractivity contribution < 1.29 is 21.9 Å². The predicted molar refractivity (Wildman–Crippen MR) is 76.4 cm³/mol. The fourth-order valence-electron chi connectivity index (χ4n) is 2.34. The molecule has 1 aromatic carbocycles. The molecule has 0 bridgehead atoms. The topological polar surface area (TPSA) is 46.6 Å². The highest BCUT2D eigenvalue weighted by Crippen LogP contribution is 2.31. The third-order valence-corrected chi connectivity index (χ3v) is 4.77. The molecule has 1 aliphatic heterocycles. The Labute approximate surface area is 122 Å². The number of nitrogens with zero attached hydrogens (tertiary/aromatic N) is 1. The summed E-state index contributed by atoms with van der Waals surface area (Å²) < 4.78 is 54.5. The van der Waals surface area contributed by atoms with Gasteiger partial charge in [-0.3, -0.25) is 0 Å². The molecule has 1 aromatic rings. The molecular weight excluding hydrogens is 300 g/mol. The Morgan fingerprint density at radius 3 is 2.81 bits per heavy atom. The van der Waals surface area contributed by atoms with Gasteiger partial charge in [0.2, 0.25) is 9.84 Å². The van der Waals surface area contributed by atoms with Gasteiger partial charge in [-0.1, -0.05) is 18.2 Å². The number of ether oxygens (including phenoxy) is 1. The van der Waals surface area contributed by atoms with Crippen molar-refractivity contribution in [1.82, 2.24) is 0 Å². The molecule has 1 heterocycles. The Bertz CT molecular complexity index is 604. The molecule has 1 saturated heterocycles. The van der Waals surface area contributed by atoms with E-state index in [0.29, 0.717) is 25.4 Å². The van der Waals surface area contributed by atoms with Crippen LogP contribution in [0, 0.1) is 0 Å². The minimum Gasteiger partial charge on any atom is -0.372 e. The Hall–Kier alpha value is -1.47. The lowest BCUT2D eigenvalue weighted by Crippen LogP contribution is -2.25. The molecule has 0 spiro atoms. The Morgan fingerprint density at radius 1 is 1.43 bits per heavy atom. The van der Waals surface area contributed by atoms with Gasteiger partial charge in [0, 0.05) is 13.1 Å². The van der Waals surface area contributed by atoms with E-state index in [4.69, 9.17) is 4.74 Å². The monoisotopic (exact) mass is 317 g/mol. The number of anilines is 1. The normalized spacial score (nSPS) is 19.2. The highest BCUT2D eigenvalue weighted by Gasteiger charge is 2.32. The van der Waals surface area contributed by atoms with Crippen molar-refractivity contribution in [2.24, 2.45) is 0 Å². The maximum Gasteiger partial charge on any atom is 0.341 e. The fourth-order valence-corrected chi connectivity index (χ4v) is 3.29. The van der Waals surface area contributed by atoms with Crippen LogP contribution in [0.25, 0.3) is 0 Å². The molecule has 2 rings (SSSR count). The van der Waals surface area contributed by atoms with E-state index in [1.54, 1.807) is 23.1 Å². The van der Waals surface area contributed by atoms with E-state index in [-0.39, 0.29) is 11.0 Å². The summed E-state index contributed by atoms with van der Waals surface area (Å²) in [5.74, 6) is -3.42. The van der Waals surface area contributed by atoms with Crippen molar-refractivity contribution in [3.8, 4) is 0 Å². The molecule has 0 amide bonds. The first-order valence-electron chi connectivity index (χ1n) is 6.55. The van der Waals surface area contributed by atoms with Crippen molar-refractivity contribution in [2.75, 3.05) is 24.6 Å². The molecule has 0 aliphatic carbocycles. The van der Waals surface area contributed by atoms with E-state index in [2.05, 4.69) is 6.58 Å². The second kappa shape index (κ2) is 6.53. The molecule has 1 fully saturated rings. The number of sulfone groups is 1. The summed E-state index contributed by atoms with van der Waals surface area (Å²) in [6.45, 7) is 5.02. The Balaban J connectivity index is 2.24. The minimum atomic E-state index is -4.61. The number of para-hydroxylation sites is 1. The van der Waals surface area contributed by atoms with Gasteiger partial charge in [0.15, 0.2) is 0 Å². The molecule has 1 atom stereocenters. The van der Waals surface area contributed by atoms with E-state index in [0.717, 1.165) is 6.42 Å². The second-order valence-electron chi connectivity index (χ2n) is 4.75. The number of alkyl halides is 2. The van der Waals surface area contributed by atoms with Crippen molar-refractivity contribution in [2.45, 2.75) is 23.2 Å². The van der Waals surface area contributed by atoms with Crippen molar-refractivity contribution in [3.05, 3.63) is 36.9 Å². The summed E-state index contributed by atoms with van der Waals surface area (Å²) in [6, 6.07) is 5.85. The van der Waals surface area contributed by atoms with Crippen LogP contribution in [0.2, 0.25) is 0 Å². The second-order valence-corrected chi connectivity index (χ2v) is 6.64. The van der Waals surface area contributed by atoms with Crippen molar-refractivity contribution >= 4 is 15.5 Å². The van der Waals surface area contributed by atoms with Gasteiger partial charge in [-0.25, -0.2) is 8.42 Å². The van der Waals surface area contributed by atoms with Crippen LogP contribution >= 0.6 is 0 Å². The van der Waals surface area contributed by atoms with Gasteiger partial charge in [0.25, 0.3) is 0 Å². The van der Waals surface area contributed by atoms with E-state index in [1.165, 1.54) is 12.1 Å². The third-order valence-electron chi connectivity index (χ3n) is 3.34. The first-order chi connectivity index (χ1) is 9.96. The average molecular weight is 317 g/mol. The van der Waals surface area contributed by atoms with Crippen LogP contribution in [0.5, 0.6) is 0 Å². The number of rotatable bonds is 6. The lowest BCUT2D eigenvalue weighted by atomic mass is 10.3. The van der Waals surface area contributed by atoms with Crippen LogP contribution in [-0.4, -0.2) is 40.0 Å². The maximum atomic E-state index is 12.8. The lowest BCUT2D eigenvalue weighted by molar-refractivity contribution is 0.0909. The molecule has 1 aliphatic rings. The largest absolute Gasteiger partial charge is 0.372 e. The van der Waals surface area contributed by atoms with Gasteiger partial charge >= 0.3 is 5.76 Å². The van der Waals surface area contributed by atoms with Gasteiger partial charge in [0.05, 0.1) is 23.3 Å². The quantitative estimate of drug-likeness (QED) is 0.756. The van der Waals surface area contributed by atoms with Gasteiger partial charge in [-0.2, -0.15) is 8.78 Å². The highest BCUT2D eigenvalue weighted by molar-refractivity contribution is 7.91. The van der Waals surface area contributed by atoms with E-state index >= 15 is 0 Å². The Kier molecular flexibility index (Phi) is 4.95. The van der Waals surface area contributed by atoms with Gasteiger partial charge in [-0.15, -0.1) is 6.58 Å². The maximum absolute atomic E-state index is 12.8. The van der Waals surface area contributed by atoms with Crippen LogP contribution in [0.1, 0.15) is 6.42 Å². The number of hydrogen-bond acceptors (Lipinski definition) is 4. The molecule has 4 nitrogen and oxygen atoms in total. The van der Waals surface area contributed by atoms with Gasteiger partial charge < -0.3 is 9.64 Å². The molecule has 0 saturated carbocycles. The minimum absolute atomic E-state index is 0.0506. The van der Waals surface area contributed by atoms with Crippen LogP contribution < -0.4 is 4.90 Å². The summed E-state index contributed by atoms with van der Waals surface area (Å²) >= 11 is 0. The number of benzene rings is 1. The van der Waals surface area contributed by atoms with Gasteiger partial charge in [-0.05, 0) is 18.6 Å². The summed E-state index contributed by atoms with van der Waals surface area (Å²) in [7, 11) is -4.61. The molecule has 116 valence electrons. The van der Waals surface area contributed by atoms with Crippen molar-refractivity contribution in [1.29, 1.82) is 0 Å². The first kappa shape index (κ1) is 15.9. The smallest absolute Gasteiger partial charge is 0.341 e. The van der Waals surface area contributed by atoms with E-state index in [1.807, 2.05) is 0 Å². The summed E-state index contributed by atoms with van der Waals surface area (Å²) in [4.78, 5) is 1.44. The van der Waals surface area contributed by atoms with Crippen LogP contribution in [0.4, 0.5) is 14.5 Å². The highest BCUT2D eigenvalue weighted by atomic mass is 32.2. The summed E-state index contributed by atoms with van der Waals surface area (Å²) in [5.41, 5.74) is 0.308. The van der Waals surface area contributed by atoms with E-state index in [9.17, 15) is 17.2 Å². The third kappa shape index (κ3) is 3.41. The molecule has 0 N–H and O–H groups in total. The van der Waals surface area contributed by atoms with Crippen molar-refractivity contribution in [3.63, 3.8) is 0 Å². The van der Waals surface area contributed by atoms with Gasteiger partial charge in [0.1, 0.15) is 0 Å². The average Bonchev–Trinajstić information content (AvgIpc) is 2.93. The zero-order chi connectivity index (χ0) is 15.5. The molecule has 7 heteroatoms. The molecule has 21 heavy (non-hydrogen) atoms. The standard InChI is InChI=1S/C14H17F2NO3S/c1-2-9-20-11-7-8-17(10-11)12-5-3-4-6-13(12)21(18,19)14(15)16/h2-6,11,14H,1,7-10H2. The molecule has 0 aromatic heterocycles. The summed E-state index contributed by atoms with van der Waals surface area (Å²) in [5, 5.41) is 0. The number of hydrogen-bond donors (Lipinski definition) is 0. The van der Waals surface area contributed by atoms with E-state index < -0.39 is 15.6 Å². The molecule has 1 unspecified atom stereocenters. The predicted octanol–water partition coefficient (Wildman–Crippen LogP) is 2.46. The summed E-state index contributed by atoms with van der Waals surface area (Å²) in [6.07, 6.45) is 2.31. The SMILES string of the molecule is C=CCOC1CCN(c2ccccc2S(=O)(=O)C(F)F)C1. The van der Waals surface area contributed by atoms with Crippen LogP contribution in [0.3, 0.4) is 0 Å². The fraction of sp³-hybridized carbons (Fsp3) is 0.429. The Morgan fingerprint density at radius 2 is 2.14 bits per heavy atom. The zero-order valence-electron chi connectivity index (χ0n) is 11.4.